The molecule has 0 saturated heterocycles. The van der Waals surface area contributed by atoms with Crippen molar-refractivity contribution in [2.24, 2.45) is 0 Å². The van der Waals surface area contributed by atoms with E-state index in [9.17, 15) is 14.4 Å². The summed E-state index contributed by atoms with van der Waals surface area (Å²) < 4.78 is 10.7. The molecule has 0 aliphatic rings. The summed E-state index contributed by atoms with van der Waals surface area (Å²) in [5, 5.41) is 8.64. The molecule has 248 valence electrons. The number of rotatable bonds is 12. The summed E-state index contributed by atoms with van der Waals surface area (Å²) >= 11 is 7.67. The lowest BCUT2D eigenvalue weighted by Gasteiger charge is -2.18. The van der Waals surface area contributed by atoms with Gasteiger partial charge in [-0.05, 0) is 90.4 Å². The first kappa shape index (κ1) is 34.8. The zero-order chi connectivity index (χ0) is 34.8. The topological polar surface area (TPSA) is 106 Å². The van der Waals surface area contributed by atoms with Crippen LogP contribution in [0.4, 0.5) is 11.4 Å². The van der Waals surface area contributed by atoms with E-state index < -0.39 is 17.1 Å². The number of anilines is 2. The van der Waals surface area contributed by atoms with Crippen molar-refractivity contribution in [1.29, 1.82) is 0 Å². The third-order valence-corrected chi connectivity index (χ3v) is 9.16. The number of nitrogens with one attached hydrogen (secondary N) is 3. The number of methoxy groups -OCH3 is 2. The molecule has 5 rings (SSSR count). The highest BCUT2D eigenvalue weighted by atomic mass is 35.5. The van der Waals surface area contributed by atoms with Crippen molar-refractivity contribution in [2.45, 2.75) is 17.1 Å². The number of thioether (sulfide) groups is 1. The summed E-state index contributed by atoms with van der Waals surface area (Å²) in [7, 11) is 3.06. The molecule has 3 N–H and O–H groups in total. The van der Waals surface area contributed by atoms with Gasteiger partial charge in [0, 0.05) is 26.9 Å². The molecule has 0 fully saturated rings. The van der Waals surface area contributed by atoms with Gasteiger partial charge in [0.15, 0.2) is 11.5 Å². The van der Waals surface area contributed by atoms with Crippen molar-refractivity contribution in [3.8, 4) is 11.5 Å². The van der Waals surface area contributed by atoms with Crippen LogP contribution in [0.1, 0.15) is 32.3 Å². The Morgan fingerprint density at radius 2 is 1.43 bits per heavy atom. The second-order valence-corrected chi connectivity index (χ2v) is 12.4. The summed E-state index contributed by atoms with van der Waals surface area (Å²) in [5.41, 5.74) is 3.80. The zero-order valence-corrected chi connectivity index (χ0v) is 28.6. The lowest BCUT2D eigenvalue weighted by molar-refractivity contribution is -0.116. The Balaban J connectivity index is 1.36. The SMILES string of the molecule is COc1ccc(/C=C(\NC(=O)c2ccccc2)C(=O)Nc2ccc(SC(C(=O)Nc3cccc(Cl)c3C)c3ccccc3)cc2)cc1OC. The Hall–Kier alpha value is -5.51. The van der Waals surface area contributed by atoms with Gasteiger partial charge in [0.25, 0.3) is 11.8 Å². The molecule has 0 aliphatic carbocycles. The van der Waals surface area contributed by atoms with Crippen LogP contribution in [0.25, 0.3) is 6.08 Å². The highest BCUT2D eigenvalue weighted by molar-refractivity contribution is 8.00. The minimum Gasteiger partial charge on any atom is -0.493 e. The third kappa shape index (κ3) is 9.10. The van der Waals surface area contributed by atoms with Gasteiger partial charge in [0.05, 0.1) is 14.2 Å². The summed E-state index contributed by atoms with van der Waals surface area (Å²) in [6.45, 7) is 1.86. The number of hydrogen-bond donors (Lipinski definition) is 3. The molecule has 0 spiro atoms. The van der Waals surface area contributed by atoms with Crippen molar-refractivity contribution in [3.63, 3.8) is 0 Å². The fraction of sp³-hybridized carbons (Fsp3) is 0.103. The van der Waals surface area contributed by atoms with Crippen LogP contribution in [0.15, 0.2) is 132 Å². The van der Waals surface area contributed by atoms with E-state index in [1.165, 1.54) is 26.0 Å². The molecule has 0 radical (unpaired) electrons. The molecule has 10 heteroatoms. The number of benzene rings is 5. The van der Waals surface area contributed by atoms with Gasteiger partial charge in [-0.25, -0.2) is 0 Å². The fourth-order valence-electron chi connectivity index (χ4n) is 4.84. The molecule has 5 aromatic rings. The van der Waals surface area contributed by atoms with Crippen molar-refractivity contribution in [1.82, 2.24) is 5.32 Å². The monoisotopic (exact) mass is 691 g/mol. The van der Waals surface area contributed by atoms with Crippen LogP contribution >= 0.6 is 23.4 Å². The minimum atomic E-state index is -0.566. The summed E-state index contributed by atoms with van der Waals surface area (Å²) in [6, 6.07) is 35.8. The van der Waals surface area contributed by atoms with E-state index in [0.29, 0.717) is 39.0 Å². The van der Waals surface area contributed by atoms with Crippen molar-refractivity contribution in [2.75, 3.05) is 24.9 Å². The van der Waals surface area contributed by atoms with Gasteiger partial charge in [-0.3, -0.25) is 14.4 Å². The second-order valence-electron chi connectivity index (χ2n) is 10.8. The van der Waals surface area contributed by atoms with Gasteiger partial charge < -0.3 is 25.4 Å². The smallest absolute Gasteiger partial charge is 0.272 e. The molecular formula is C39H34ClN3O5S. The lowest BCUT2D eigenvalue weighted by Crippen LogP contribution is -2.30. The van der Waals surface area contributed by atoms with E-state index >= 15 is 0 Å². The number of carbonyl (C=O) groups excluding carboxylic acids is 3. The average molecular weight is 692 g/mol. The predicted octanol–water partition coefficient (Wildman–Crippen LogP) is 8.55. The molecule has 0 aliphatic heterocycles. The standard InChI is InChI=1S/C39H34ClN3O5S/c1-25-31(40)15-10-16-32(25)42-39(46)36(27-11-6-4-7-12-27)49-30-20-18-29(19-21-30)41-38(45)33(43-37(44)28-13-8-5-9-14-28)23-26-17-22-34(47-2)35(24-26)48-3/h4-24,36H,1-3H3,(H,41,45)(H,42,46)(H,43,44)/b33-23-. The van der Waals surface area contributed by atoms with Crippen LogP contribution in [0.5, 0.6) is 11.5 Å². The van der Waals surface area contributed by atoms with Crippen LogP contribution in [0, 0.1) is 6.92 Å². The highest BCUT2D eigenvalue weighted by Gasteiger charge is 2.23. The molecule has 8 nitrogen and oxygen atoms in total. The Bertz CT molecular complexity index is 1970. The van der Waals surface area contributed by atoms with E-state index in [4.69, 9.17) is 21.1 Å². The molecule has 0 aromatic heterocycles. The molecule has 0 bridgehead atoms. The van der Waals surface area contributed by atoms with Crippen molar-refractivity contribution < 1.29 is 23.9 Å². The first-order valence-electron chi connectivity index (χ1n) is 15.2. The predicted molar refractivity (Wildman–Crippen MR) is 196 cm³/mol. The molecule has 49 heavy (non-hydrogen) atoms. The number of hydrogen-bond acceptors (Lipinski definition) is 6. The quantitative estimate of drug-likeness (QED) is 0.0895. The maximum Gasteiger partial charge on any atom is 0.272 e. The number of amides is 3. The van der Waals surface area contributed by atoms with Gasteiger partial charge in [-0.2, -0.15) is 0 Å². The normalized spacial score (nSPS) is 11.6. The summed E-state index contributed by atoms with van der Waals surface area (Å²) in [5.74, 6) is -0.157. The highest BCUT2D eigenvalue weighted by Crippen LogP contribution is 2.37. The third-order valence-electron chi connectivity index (χ3n) is 7.48. The van der Waals surface area contributed by atoms with Crippen molar-refractivity contribution in [3.05, 3.63) is 154 Å². The van der Waals surface area contributed by atoms with Gasteiger partial charge in [0.2, 0.25) is 5.91 Å². The largest absolute Gasteiger partial charge is 0.493 e. The van der Waals surface area contributed by atoms with Crippen LogP contribution in [0.2, 0.25) is 5.02 Å². The Morgan fingerprint density at radius 3 is 2.10 bits per heavy atom. The second kappa shape index (κ2) is 16.5. The van der Waals surface area contributed by atoms with E-state index in [1.807, 2.05) is 55.5 Å². The first-order valence-corrected chi connectivity index (χ1v) is 16.5. The molecule has 3 amide bonds. The van der Waals surface area contributed by atoms with Gasteiger partial charge >= 0.3 is 0 Å². The first-order chi connectivity index (χ1) is 23.7. The van der Waals surface area contributed by atoms with Crippen molar-refractivity contribution >= 4 is 58.5 Å². The Kier molecular flexibility index (Phi) is 11.8. The van der Waals surface area contributed by atoms with Crippen LogP contribution in [0.3, 0.4) is 0 Å². The van der Waals surface area contributed by atoms with E-state index in [-0.39, 0.29) is 11.6 Å². The minimum absolute atomic E-state index is 0.0247. The molecule has 5 aromatic carbocycles. The molecular weight excluding hydrogens is 658 g/mol. The zero-order valence-electron chi connectivity index (χ0n) is 27.0. The van der Waals surface area contributed by atoms with Crippen LogP contribution < -0.4 is 25.4 Å². The molecule has 0 saturated carbocycles. The van der Waals surface area contributed by atoms with E-state index in [0.717, 1.165) is 16.0 Å². The Morgan fingerprint density at radius 1 is 0.755 bits per heavy atom. The maximum absolute atomic E-state index is 13.6. The number of carbonyl (C=O) groups is 3. The molecule has 1 atom stereocenters. The fourth-order valence-corrected chi connectivity index (χ4v) is 6.04. The number of halogens is 1. The van der Waals surface area contributed by atoms with Crippen LogP contribution in [-0.2, 0) is 9.59 Å². The molecule has 1 unspecified atom stereocenters. The summed E-state index contributed by atoms with van der Waals surface area (Å²) in [6.07, 6.45) is 1.56. The molecule has 0 heterocycles. The number of ether oxygens (including phenoxy) is 2. The van der Waals surface area contributed by atoms with Gasteiger partial charge in [0.1, 0.15) is 10.9 Å². The van der Waals surface area contributed by atoms with E-state index in [1.54, 1.807) is 78.9 Å². The average Bonchev–Trinajstić information content (AvgIpc) is 3.13. The Labute approximate surface area is 294 Å². The maximum atomic E-state index is 13.6. The van der Waals surface area contributed by atoms with Gasteiger partial charge in [-0.1, -0.05) is 72.3 Å². The van der Waals surface area contributed by atoms with Gasteiger partial charge in [-0.15, -0.1) is 11.8 Å². The summed E-state index contributed by atoms with van der Waals surface area (Å²) in [4.78, 5) is 41.1. The van der Waals surface area contributed by atoms with Crippen LogP contribution in [-0.4, -0.2) is 31.9 Å². The lowest BCUT2D eigenvalue weighted by atomic mass is 10.1. The van der Waals surface area contributed by atoms with E-state index in [2.05, 4.69) is 16.0 Å².